The molecule has 0 fully saturated rings. The van der Waals surface area contributed by atoms with Crippen LogP contribution in [0.1, 0.15) is 10.5 Å². The Morgan fingerprint density at radius 2 is 1.89 bits per heavy atom. The molecule has 0 radical (unpaired) electrons. The zero-order valence-electron chi connectivity index (χ0n) is 9.71. The lowest BCUT2D eigenvalue weighted by molar-refractivity contribution is 0.0690. The topological polar surface area (TPSA) is 105 Å². The number of carboxylic acid groups (broad SMARTS) is 1. The van der Waals surface area contributed by atoms with Crippen molar-refractivity contribution in [2.24, 2.45) is 0 Å². The van der Waals surface area contributed by atoms with Crippen LogP contribution in [0.4, 0.5) is 0 Å². The van der Waals surface area contributed by atoms with Crippen LogP contribution in [0.2, 0.25) is 0 Å². The molecule has 0 bridgehead atoms. The normalized spacial score (nSPS) is 13.3. The second-order valence-corrected chi connectivity index (χ2v) is 3.99. The molecule has 0 atom stereocenters. The van der Waals surface area contributed by atoms with Crippen LogP contribution in [-0.4, -0.2) is 39.6 Å². The Labute approximate surface area is 107 Å². The maximum absolute atomic E-state index is 10.8. The first-order chi connectivity index (χ1) is 9.15. The Hall–Kier alpha value is -2.70. The summed E-state index contributed by atoms with van der Waals surface area (Å²) in [6.45, 7) is 0.857. The van der Waals surface area contributed by atoms with Gasteiger partial charge in [-0.25, -0.2) is 4.79 Å². The van der Waals surface area contributed by atoms with Gasteiger partial charge in [-0.1, -0.05) is 0 Å². The number of benzene rings is 1. The van der Waals surface area contributed by atoms with Crippen molar-refractivity contribution in [3.63, 3.8) is 0 Å². The third-order valence-corrected chi connectivity index (χ3v) is 2.74. The second-order valence-electron chi connectivity index (χ2n) is 3.99. The maximum Gasteiger partial charge on any atom is 0.353 e. The van der Waals surface area contributed by atoms with Gasteiger partial charge in [0.2, 0.25) is 0 Å². The molecule has 0 saturated carbocycles. The van der Waals surface area contributed by atoms with Crippen LogP contribution in [0.5, 0.6) is 17.2 Å². The van der Waals surface area contributed by atoms with E-state index in [1.807, 2.05) is 0 Å². The molecule has 0 aliphatic carbocycles. The predicted molar refractivity (Wildman–Crippen MR) is 63.6 cm³/mol. The summed E-state index contributed by atoms with van der Waals surface area (Å²) in [5.74, 6) is -0.205. The molecule has 7 heteroatoms. The van der Waals surface area contributed by atoms with Gasteiger partial charge in [0.15, 0.2) is 11.5 Å². The largest absolute Gasteiger partial charge is 0.507 e. The number of phenolic OH excluding ortho intramolecular Hbond substituents is 1. The van der Waals surface area contributed by atoms with Crippen LogP contribution in [-0.2, 0) is 0 Å². The lowest BCUT2D eigenvalue weighted by Crippen LogP contribution is -2.15. The summed E-state index contributed by atoms with van der Waals surface area (Å²) in [6.07, 6.45) is 0. The van der Waals surface area contributed by atoms with Crippen molar-refractivity contribution < 1.29 is 24.5 Å². The summed E-state index contributed by atoms with van der Waals surface area (Å²) < 4.78 is 10.7. The van der Waals surface area contributed by atoms with Crippen molar-refractivity contribution in [3.8, 4) is 28.5 Å². The number of aromatic nitrogens is 2. The van der Waals surface area contributed by atoms with Gasteiger partial charge < -0.3 is 19.7 Å². The quantitative estimate of drug-likeness (QED) is 0.752. The molecule has 3 N–H and O–H groups in total. The van der Waals surface area contributed by atoms with E-state index in [2.05, 4.69) is 10.2 Å². The molecule has 0 unspecified atom stereocenters. The number of rotatable bonds is 2. The van der Waals surface area contributed by atoms with Gasteiger partial charge in [-0.2, -0.15) is 5.10 Å². The second kappa shape index (κ2) is 4.20. The summed E-state index contributed by atoms with van der Waals surface area (Å²) in [6, 6.07) is 4.35. The molecule has 1 aromatic carbocycles. The van der Waals surface area contributed by atoms with E-state index in [0.717, 1.165) is 0 Å². The van der Waals surface area contributed by atoms with Crippen molar-refractivity contribution in [1.82, 2.24) is 10.2 Å². The average Bonchev–Trinajstić information content (AvgIpc) is 2.87. The first-order valence-corrected chi connectivity index (χ1v) is 5.57. The number of hydrogen-bond donors (Lipinski definition) is 3. The molecule has 3 rings (SSSR count). The fourth-order valence-electron chi connectivity index (χ4n) is 1.85. The van der Waals surface area contributed by atoms with Crippen LogP contribution in [0.15, 0.2) is 18.2 Å². The molecule has 2 aromatic rings. The predicted octanol–water partition coefficient (Wildman–Crippen LogP) is 1.25. The zero-order valence-corrected chi connectivity index (χ0v) is 9.71. The van der Waals surface area contributed by atoms with Crippen LogP contribution < -0.4 is 9.47 Å². The minimum atomic E-state index is -1.12. The maximum atomic E-state index is 10.8. The van der Waals surface area contributed by atoms with Gasteiger partial charge >= 0.3 is 5.97 Å². The molecule has 19 heavy (non-hydrogen) atoms. The van der Waals surface area contributed by atoms with Gasteiger partial charge in [-0.3, -0.25) is 5.10 Å². The highest BCUT2D eigenvalue weighted by atomic mass is 16.6. The van der Waals surface area contributed by atoms with Gasteiger partial charge in [0.05, 0.1) is 5.69 Å². The Kier molecular flexibility index (Phi) is 2.52. The fraction of sp³-hybridized carbons (Fsp3) is 0.167. The SMILES string of the molecule is O=C(O)c1cc(-c2cc3c(cc2O)OCCO3)n[nH]1. The van der Waals surface area contributed by atoms with Crippen molar-refractivity contribution in [2.75, 3.05) is 13.2 Å². The van der Waals surface area contributed by atoms with Crippen molar-refractivity contribution in [1.29, 1.82) is 0 Å². The van der Waals surface area contributed by atoms with Crippen LogP contribution in [0.25, 0.3) is 11.3 Å². The summed E-state index contributed by atoms with van der Waals surface area (Å²) in [5.41, 5.74) is 0.657. The van der Waals surface area contributed by atoms with Gasteiger partial charge in [-0.15, -0.1) is 0 Å². The lowest BCUT2D eigenvalue weighted by Gasteiger charge is -2.19. The Morgan fingerprint density at radius 3 is 2.53 bits per heavy atom. The molecule has 2 heterocycles. The monoisotopic (exact) mass is 262 g/mol. The van der Waals surface area contributed by atoms with Crippen molar-refractivity contribution >= 4 is 5.97 Å². The number of aromatic hydroxyl groups is 1. The molecular formula is C12H10N2O5. The number of aromatic carboxylic acids is 1. The number of phenols is 1. The smallest absolute Gasteiger partial charge is 0.353 e. The number of nitrogens with zero attached hydrogens (tertiary/aromatic N) is 1. The van der Waals surface area contributed by atoms with E-state index in [0.29, 0.717) is 36.0 Å². The minimum absolute atomic E-state index is 0.0484. The minimum Gasteiger partial charge on any atom is -0.507 e. The molecule has 1 aliphatic heterocycles. The lowest BCUT2D eigenvalue weighted by atomic mass is 10.1. The number of aromatic amines is 1. The zero-order chi connectivity index (χ0) is 13.4. The molecular weight excluding hydrogens is 252 g/mol. The van der Waals surface area contributed by atoms with E-state index in [-0.39, 0.29) is 11.4 Å². The third kappa shape index (κ3) is 1.95. The molecule has 0 spiro atoms. The van der Waals surface area contributed by atoms with E-state index in [1.54, 1.807) is 6.07 Å². The number of hydrogen-bond acceptors (Lipinski definition) is 5. The van der Waals surface area contributed by atoms with E-state index < -0.39 is 5.97 Å². The van der Waals surface area contributed by atoms with Crippen LogP contribution in [0.3, 0.4) is 0 Å². The van der Waals surface area contributed by atoms with Crippen LogP contribution in [0, 0.1) is 0 Å². The number of carboxylic acids is 1. The standard InChI is InChI=1S/C12H10N2O5/c15-9-5-11-10(18-1-2-19-11)3-6(9)7-4-8(12(16)17)14-13-7/h3-5,15H,1-2H2,(H,13,14)(H,16,17). The van der Waals surface area contributed by atoms with Gasteiger partial charge in [0.1, 0.15) is 24.7 Å². The van der Waals surface area contributed by atoms with E-state index in [9.17, 15) is 9.90 Å². The van der Waals surface area contributed by atoms with Crippen molar-refractivity contribution in [3.05, 3.63) is 23.9 Å². The molecule has 7 nitrogen and oxygen atoms in total. The van der Waals surface area contributed by atoms with Gasteiger partial charge in [0.25, 0.3) is 0 Å². The van der Waals surface area contributed by atoms with Gasteiger partial charge in [0, 0.05) is 11.6 Å². The number of nitrogens with one attached hydrogen (secondary N) is 1. The molecule has 98 valence electrons. The Bertz CT molecular complexity index is 650. The highest BCUT2D eigenvalue weighted by molar-refractivity contribution is 5.87. The number of carbonyl (C=O) groups is 1. The summed E-state index contributed by atoms with van der Waals surface area (Å²) in [7, 11) is 0. The number of H-pyrrole nitrogens is 1. The number of ether oxygens (including phenoxy) is 2. The highest BCUT2D eigenvalue weighted by Crippen LogP contribution is 2.40. The van der Waals surface area contributed by atoms with E-state index in [1.165, 1.54) is 12.1 Å². The first kappa shape index (κ1) is 11.4. The first-order valence-electron chi connectivity index (χ1n) is 5.57. The molecule has 0 amide bonds. The van der Waals surface area contributed by atoms with Gasteiger partial charge in [-0.05, 0) is 12.1 Å². The highest BCUT2D eigenvalue weighted by Gasteiger charge is 2.18. The van der Waals surface area contributed by atoms with Crippen molar-refractivity contribution in [2.45, 2.75) is 0 Å². The fourth-order valence-corrected chi connectivity index (χ4v) is 1.85. The molecule has 0 saturated heterocycles. The van der Waals surface area contributed by atoms with E-state index in [4.69, 9.17) is 14.6 Å². The van der Waals surface area contributed by atoms with Crippen LogP contribution >= 0.6 is 0 Å². The summed E-state index contributed by atoms with van der Waals surface area (Å²) in [4.78, 5) is 10.8. The molecule has 1 aromatic heterocycles. The molecule has 1 aliphatic rings. The average molecular weight is 262 g/mol. The summed E-state index contributed by atoms with van der Waals surface area (Å²) in [5, 5.41) is 25.0. The Balaban J connectivity index is 2.06. The summed E-state index contributed by atoms with van der Waals surface area (Å²) >= 11 is 0. The number of fused-ring (bicyclic) bond motifs is 1. The van der Waals surface area contributed by atoms with E-state index >= 15 is 0 Å². The third-order valence-electron chi connectivity index (χ3n) is 2.74. The Morgan fingerprint density at radius 1 is 1.21 bits per heavy atom.